The maximum Gasteiger partial charge on any atom is 0.0899 e. The molecule has 1 aromatic carbocycles. The van der Waals surface area contributed by atoms with Crippen LogP contribution in [0.25, 0.3) is 0 Å². The van der Waals surface area contributed by atoms with Crippen molar-refractivity contribution in [3.8, 4) is 0 Å². The van der Waals surface area contributed by atoms with E-state index in [4.69, 9.17) is 0 Å². The number of aryl methyl sites for hydroxylation is 3. The van der Waals surface area contributed by atoms with Crippen LogP contribution in [-0.2, 0) is 5.60 Å². The van der Waals surface area contributed by atoms with Crippen LogP contribution in [0, 0.1) is 26.7 Å². The first kappa shape index (κ1) is 13.6. The van der Waals surface area contributed by atoms with E-state index in [1.165, 1.54) is 48.8 Å². The first-order valence-corrected chi connectivity index (χ1v) is 7.23. The molecule has 1 aliphatic rings. The van der Waals surface area contributed by atoms with Gasteiger partial charge in [-0.05, 0) is 68.7 Å². The summed E-state index contributed by atoms with van der Waals surface area (Å²) in [7, 11) is 0. The van der Waals surface area contributed by atoms with Crippen LogP contribution in [0.15, 0.2) is 12.1 Å². The lowest BCUT2D eigenvalue weighted by atomic mass is 9.73. The maximum absolute atomic E-state index is 11.0. The van der Waals surface area contributed by atoms with Gasteiger partial charge in [0.25, 0.3) is 0 Å². The zero-order valence-electron chi connectivity index (χ0n) is 12.2. The van der Waals surface area contributed by atoms with Crippen LogP contribution in [0.3, 0.4) is 0 Å². The van der Waals surface area contributed by atoms with E-state index in [0.717, 1.165) is 5.56 Å². The molecule has 100 valence electrons. The lowest BCUT2D eigenvalue weighted by Crippen LogP contribution is -2.34. The number of hydrogen-bond acceptors (Lipinski definition) is 1. The van der Waals surface area contributed by atoms with E-state index in [1.54, 1.807) is 0 Å². The highest BCUT2D eigenvalue weighted by Crippen LogP contribution is 2.40. The lowest BCUT2D eigenvalue weighted by Gasteiger charge is -2.37. The van der Waals surface area contributed by atoms with Crippen LogP contribution in [0.2, 0.25) is 0 Å². The minimum atomic E-state index is -0.664. The Hall–Kier alpha value is -0.820. The van der Waals surface area contributed by atoms with Gasteiger partial charge in [-0.15, -0.1) is 0 Å². The van der Waals surface area contributed by atoms with Crippen LogP contribution in [-0.4, -0.2) is 5.11 Å². The fourth-order valence-corrected chi connectivity index (χ4v) is 3.39. The van der Waals surface area contributed by atoms with Crippen molar-refractivity contribution >= 4 is 0 Å². The molecular formula is C17H26O. The molecule has 1 atom stereocenters. The summed E-state index contributed by atoms with van der Waals surface area (Å²) in [5, 5.41) is 11.0. The van der Waals surface area contributed by atoms with Crippen molar-refractivity contribution in [2.24, 2.45) is 5.92 Å². The molecule has 1 fully saturated rings. The van der Waals surface area contributed by atoms with Gasteiger partial charge in [0.15, 0.2) is 0 Å². The zero-order chi connectivity index (χ0) is 13.3. The number of benzene rings is 1. The fourth-order valence-electron chi connectivity index (χ4n) is 3.39. The SMILES string of the molecule is Cc1cc(C)c(C(C)(O)C2CCCCC2)cc1C. The van der Waals surface area contributed by atoms with Crippen LogP contribution in [0.4, 0.5) is 0 Å². The second kappa shape index (κ2) is 5.05. The molecule has 2 rings (SSSR count). The number of hydrogen-bond donors (Lipinski definition) is 1. The lowest BCUT2D eigenvalue weighted by molar-refractivity contribution is -0.0220. The molecule has 0 saturated heterocycles. The normalized spacial score (nSPS) is 20.7. The van der Waals surface area contributed by atoms with Gasteiger partial charge in [0.2, 0.25) is 0 Å². The third-order valence-electron chi connectivity index (χ3n) is 4.79. The molecule has 1 unspecified atom stereocenters. The third-order valence-corrected chi connectivity index (χ3v) is 4.79. The second-order valence-corrected chi connectivity index (χ2v) is 6.23. The summed E-state index contributed by atoms with van der Waals surface area (Å²) in [4.78, 5) is 0. The van der Waals surface area contributed by atoms with Crippen LogP contribution in [0.5, 0.6) is 0 Å². The van der Waals surface area contributed by atoms with E-state index in [-0.39, 0.29) is 0 Å². The summed E-state index contributed by atoms with van der Waals surface area (Å²) in [6.07, 6.45) is 6.20. The summed E-state index contributed by atoms with van der Waals surface area (Å²) >= 11 is 0. The average molecular weight is 246 g/mol. The minimum absolute atomic E-state index is 0.423. The number of aliphatic hydroxyl groups is 1. The standard InChI is InChI=1S/C17H26O/c1-12-10-14(3)16(11-13(12)2)17(4,18)15-8-6-5-7-9-15/h10-11,15,18H,5-9H2,1-4H3. The fraction of sp³-hybridized carbons (Fsp3) is 0.647. The highest BCUT2D eigenvalue weighted by Gasteiger charge is 2.35. The van der Waals surface area contributed by atoms with Crippen LogP contribution >= 0.6 is 0 Å². The van der Waals surface area contributed by atoms with Crippen molar-refractivity contribution in [1.82, 2.24) is 0 Å². The molecule has 1 heteroatoms. The van der Waals surface area contributed by atoms with Gasteiger partial charge in [0.05, 0.1) is 5.60 Å². The molecule has 0 bridgehead atoms. The molecule has 1 aromatic rings. The molecule has 0 amide bonds. The Bertz CT molecular complexity index is 425. The van der Waals surface area contributed by atoms with Gasteiger partial charge in [-0.1, -0.05) is 31.4 Å². The van der Waals surface area contributed by atoms with E-state index in [9.17, 15) is 5.11 Å². The van der Waals surface area contributed by atoms with E-state index < -0.39 is 5.60 Å². The van der Waals surface area contributed by atoms with E-state index in [0.29, 0.717) is 5.92 Å². The van der Waals surface area contributed by atoms with E-state index >= 15 is 0 Å². The van der Waals surface area contributed by atoms with E-state index in [1.807, 2.05) is 6.92 Å². The Morgan fingerprint density at radius 1 is 0.944 bits per heavy atom. The van der Waals surface area contributed by atoms with Gasteiger partial charge in [0, 0.05) is 0 Å². The molecule has 1 nitrogen and oxygen atoms in total. The third kappa shape index (κ3) is 2.47. The molecule has 0 radical (unpaired) electrons. The van der Waals surface area contributed by atoms with Crippen molar-refractivity contribution in [1.29, 1.82) is 0 Å². The van der Waals surface area contributed by atoms with Gasteiger partial charge >= 0.3 is 0 Å². The van der Waals surface area contributed by atoms with Gasteiger partial charge in [0.1, 0.15) is 0 Å². The topological polar surface area (TPSA) is 20.2 Å². The Morgan fingerprint density at radius 2 is 1.50 bits per heavy atom. The molecule has 0 spiro atoms. The highest BCUT2D eigenvalue weighted by molar-refractivity contribution is 5.39. The molecule has 1 saturated carbocycles. The molecule has 0 aliphatic heterocycles. The van der Waals surface area contributed by atoms with Crippen molar-refractivity contribution in [2.45, 2.75) is 65.4 Å². The highest BCUT2D eigenvalue weighted by atomic mass is 16.3. The Kier molecular flexibility index (Phi) is 3.82. The molecule has 0 aromatic heterocycles. The summed E-state index contributed by atoms with van der Waals surface area (Å²) in [5.74, 6) is 0.423. The van der Waals surface area contributed by atoms with Crippen LogP contribution < -0.4 is 0 Å². The van der Waals surface area contributed by atoms with Gasteiger partial charge in [-0.2, -0.15) is 0 Å². The van der Waals surface area contributed by atoms with Crippen molar-refractivity contribution in [2.75, 3.05) is 0 Å². The predicted molar refractivity (Wildman–Crippen MR) is 76.8 cm³/mol. The van der Waals surface area contributed by atoms with Gasteiger partial charge < -0.3 is 5.11 Å². The summed E-state index contributed by atoms with van der Waals surface area (Å²) in [6.45, 7) is 8.41. The minimum Gasteiger partial charge on any atom is -0.385 e. The monoisotopic (exact) mass is 246 g/mol. The summed E-state index contributed by atoms with van der Waals surface area (Å²) in [5.41, 5.74) is 4.30. The maximum atomic E-state index is 11.0. The Labute approximate surface area is 111 Å². The first-order chi connectivity index (χ1) is 8.43. The predicted octanol–water partition coefficient (Wildman–Crippen LogP) is 4.40. The smallest absolute Gasteiger partial charge is 0.0899 e. The number of rotatable bonds is 2. The summed E-state index contributed by atoms with van der Waals surface area (Å²) < 4.78 is 0. The quantitative estimate of drug-likeness (QED) is 0.820. The molecular weight excluding hydrogens is 220 g/mol. The Balaban J connectivity index is 2.36. The van der Waals surface area contributed by atoms with Gasteiger partial charge in [-0.3, -0.25) is 0 Å². The molecule has 0 heterocycles. The van der Waals surface area contributed by atoms with Crippen molar-refractivity contribution in [3.05, 3.63) is 34.4 Å². The van der Waals surface area contributed by atoms with Gasteiger partial charge in [-0.25, -0.2) is 0 Å². The van der Waals surface area contributed by atoms with Crippen LogP contribution in [0.1, 0.15) is 61.3 Å². The summed E-state index contributed by atoms with van der Waals surface area (Å²) in [6, 6.07) is 4.40. The first-order valence-electron chi connectivity index (χ1n) is 7.23. The average Bonchev–Trinajstić information content (AvgIpc) is 2.34. The molecule has 1 N–H and O–H groups in total. The van der Waals surface area contributed by atoms with Crippen molar-refractivity contribution in [3.63, 3.8) is 0 Å². The molecule has 1 aliphatic carbocycles. The van der Waals surface area contributed by atoms with Crippen molar-refractivity contribution < 1.29 is 5.11 Å². The zero-order valence-corrected chi connectivity index (χ0v) is 12.2. The second-order valence-electron chi connectivity index (χ2n) is 6.23. The van der Waals surface area contributed by atoms with E-state index in [2.05, 4.69) is 32.9 Å². The molecule has 18 heavy (non-hydrogen) atoms. The Morgan fingerprint density at radius 3 is 2.11 bits per heavy atom. The largest absolute Gasteiger partial charge is 0.385 e.